The van der Waals surface area contributed by atoms with Gasteiger partial charge < -0.3 is 19.9 Å². The second-order valence-corrected chi connectivity index (χ2v) is 10.8. The van der Waals surface area contributed by atoms with E-state index in [1.807, 2.05) is 60.7 Å². The van der Waals surface area contributed by atoms with Crippen LogP contribution in [0.15, 0.2) is 84.9 Å². The number of ether oxygens (including phenoxy) is 1. The molecule has 0 saturated heterocycles. The Balaban J connectivity index is 1.91. The van der Waals surface area contributed by atoms with Gasteiger partial charge in [0.05, 0.1) is 12.6 Å². The van der Waals surface area contributed by atoms with E-state index < -0.39 is 23.9 Å². The third-order valence-electron chi connectivity index (χ3n) is 7.32. The van der Waals surface area contributed by atoms with Crippen LogP contribution in [0.3, 0.4) is 0 Å². The average molecular weight is 603 g/mol. The molecule has 4 amide bonds. The van der Waals surface area contributed by atoms with Gasteiger partial charge in [-0.2, -0.15) is 0 Å². The van der Waals surface area contributed by atoms with E-state index in [0.29, 0.717) is 31.0 Å². The number of rotatable bonds is 18. The van der Waals surface area contributed by atoms with Crippen LogP contribution in [0.2, 0.25) is 0 Å². The zero-order chi connectivity index (χ0) is 31.6. The third-order valence-corrected chi connectivity index (χ3v) is 7.32. The minimum atomic E-state index is -0.688. The van der Waals surface area contributed by atoms with Crippen molar-refractivity contribution in [2.45, 2.75) is 64.8 Å². The molecule has 3 aromatic rings. The molecule has 0 atom stereocenters. The molecule has 0 aliphatic carbocycles. The van der Waals surface area contributed by atoms with Gasteiger partial charge in [0.2, 0.25) is 5.91 Å². The van der Waals surface area contributed by atoms with Crippen LogP contribution in [0, 0.1) is 0 Å². The molecule has 0 fully saturated rings. The largest absolute Gasteiger partial charge is 0.494 e. The van der Waals surface area contributed by atoms with Gasteiger partial charge in [-0.3, -0.25) is 14.8 Å². The van der Waals surface area contributed by atoms with Crippen molar-refractivity contribution >= 4 is 23.5 Å². The van der Waals surface area contributed by atoms with Gasteiger partial charge in [-0.15, -0.1) is 0 Å². The van der Waals surface area contributed by atoms with Crippen LogP contribution in [0.5, 0.6) is 5.75 Å². The van der Waals surface area contributed by atoms with Crippen molar-refractivity contribution < 1.29 is 24.3 Å². The van der Waals surface area contributed by atoms with Crippen molar-refractivity contribution in [2.24, 2.45) is 0 Å². The summed E-state index contributed by atoms with van der Waals surface area (Å²) in [6, 6.07) is 25.2. The van der Waals surface area contributed by atoms with E-state index in [1.165, 1.54) is 9.80 Å². The summed E-state index contributed by atoms with van der Waals surface area (Å²) >= 11 is 0. The fourth-order valence-electron chi connectivity index (χ4n) is 4.92. The van der Waals surface area contributed by atoms with Crippen LogP contribution < -0.4 is 15.5 Å². The van der Waals surface area contributed by atoms with Crippen LogP contribution in [0.4, 0.5) is 10.5 Å². The van der Waals surface area contributed by atoms with Gasteiger partial charge in [0.25, 0.3) is 5.91 Å². The standard InChI is InChI=1S/C35H46N4O5/c1-3-5-7-8-15-24-38(26-32(40)37-43)33(41)27-39(34(28-16-11-9-12-17-28)29-18-13-10-14-19-29)35(42)36-30-20-22-31(23-21-30)44-25-6-4-2/h9-14,16-23,34,43H,3-8,15,24-27H2,1-2H3,(H,36,42)(H,37,40). The highest BCUT2D eigenvalue weighted by molar-refractivity contribution is 5.94. The lowest BCUT2D eigenvalue weighted by Gasteiger charge is -2.34. The molecule has 3 aromatic carbocycles. The van der Waals surface area contributed by atoms with E-state index in [4.69, 9.17) is 4.74 Å². The molecule has 0 heterocycles. The highest BCUT2D eigenvalue weighted by atomic mass is 16.5. The quantitative estimate of drug-likeness (QED) is 0.0843. The van der Waals surface area contributed by atoms with Crippen molar-refractivity contribution in [3.63, 3.8) is 0 Å². The number of amides is 4. The first-order chi connectivity index (χ1) is 21.5. The van der Waals surface area contributed by atoms with E-state index in [0.717, 1.165) is 49.7 Å². The van der Waals surface area contributed by atoms with E-state index in [9.17, 15) is 19.6 Å². The number of unbranched alkanes of at least 4 members (excludes halogenated alkanes) is 5. The zero-order valence-corrected chi connectivity index (χ0v) is 25.9. The summed E-state index contributed by atoms with van der Waals surface area (Å²) in [5.41, 5.74) is 3.85. The Morgan fingerprint density at radius 2 is 1.34 bits per heavy atom. The van der Waals surface area contributed by atoms with E-state index in [2.05, 4.69) is 19.2 Å². The highest BCUT2D eigenvalue weighted by Crippen LogP contribution is 2.30. The molecule has 3 rings (SSSR count). The van der Waals surface area contributed by atoms with Crippen LogP contribution in [-0.2, 0) is 9.59 Å². The Labute approximate surface area is 261 Å². The van der Waals surface area contributed by atoms with Crippen LogP contribution in [0.25, 0.3) is 0 Å². The second-order valence-electron chi connectivity index (χ2n) is 10.8. The summed E-state index contributed by atoms with van der Waals surface area (Å²) in [5.74, 6) is -0.366. The molecule has 0 bridgehead atoms. The van der Waals surface area contributed by atoms with Gasteiger partial charge in [-0.25, -0.2) is 10.3 Å². The normalized spacial score (nSPS) is 10.7. The van der Waals surface area contributed by atoms with Crippen molar-refractivity contribution in [3.05, 3.63) is 96.1 Å². The molecule has 0 radical (unpaired) electrons. The first-order valence-electron chi connectivity index (χ1n) is 15.6. The van der Waals surface area contributed by atoms with Gasteiger partial charge in [-0.05, 0) is 48.2 Å². The van der Waals surface area contributed by atoms with Gasteiger partial charge in [0.1, 0.15) is 18.8 Å². The highest BCUT2D eigenvalue weighted by Gasteiger charge is 2.31. The summed E-state index contributed by atoms with van der Waals surface area (Å²) in [7, 11) is 0. The maximum Gasteiger partial charge on any atom is 0.323 e. The van der Waals surface area contributed by atoms with Gasteiger partial charge >= 0.3 is 6.03 Å². The summed E-state index contributed by atoms with van der Waals surface area (Å²) < 4.78 is 5.76. The zero-order valence-electron chi connectivity index (χ0n) is 25.9. The number of benzene rings is 3. The van der Waals surface area contributed by atoms with Crippen molar-refractivity contribution in [2.75, 3.05) is 31.6 Å². The van der Waals surface area contributed by atoms with E-state index in [1.54, 1.807) is 29.7 Å². The topological polar surface area (TPSA) is 111 Å². The van der Waals surface area contributed by atoms with Crippen LogP contribution >= 0.6 is 0 Å². The third kappa shape index (κ3) is 11.0. The predicted octanol–water partition coefficient (Wildman–Crippen LogP) is 6.79. The molecule has 0 aliphatic heterocycles. The number of nitrogens with one attached hydrogen (secondary N) is 2. The molecule has 0 aromatic heterocycles. The summed E-state index contributed by atoms with van der Waals surface area (Å²) in [6.07, 6.45) is 6.84. The summed E-state index contributed by atoms with van der Waals surface area (Å²) in [6.45, 7) is 4.60. The SMILES string of the molecule is CCCCCCCN(CC(=O)NO)C(=O)CN(C(=O)Nc1ccc(OCCCC)cc1)C(c1ccccc1)c1ccccc1. The number of hydrogen-bond acceptors (Lipinski definition) is 5. The molecule has 0 unspecified atom stereocenters. The lowest BCUT2D eigenvalue weighted by molar-refractivity contribution is -0.139. The molecule has 9 nitrogen and oxygen atoms in total. The average Bonchev–Trinajstić information content (AvgIpc) is 3.05. The smallest absolute Gasteiger partial charge is 0.323 e. The first kappa shape index (κ1) is 34.1. The maximum atomic E-state index is 14.1. The Hall–Kier alpha value is -4.37. The number of nitrogens with zero attached hydrogens (tertiary/aromatic N) is 2. The number of carbonyl (C=O) groups excluding carboxylic acids is 3. The minimum absolute atomic E-state index is 0.286. The summed E-state index contributed by atoms with van der Waals surface area (Å²) in [4.78, 5) is 43.0. The van der Waals surface area contributed by atoms with Gasteiger partial charge in [0, 0.05) is 12.2 Å². The Bertz CT molecular complexity index is 1230. The fourth-order valence-corrected chi connectivity index (χ4v) is 4.92. The number of anilines is 1. The molecule has 44 heavy (non-hydrogen) atoms. The second kappa shape index (κ2) is 19.0. The monoisotopic (exact) mass is 602 g/mol. The molecular weight excluding hydrogens is 556 g/mol. The van der Waals surface area contributed by atoms with Crippen LogP contribution in [-0.4, -0.2) is 59.1 Å². The van der Waals surface area contributed by atoms with E-state index in [-0.39, 0.29) is 13.1 Å². The number of carbonyl (C=O) groups is 3. The Morgan fingerprint density at radius 1 is 0.750 bits per heavy atom. The van der Waals surface area contributed by atoms with Gasteiger partial charge in [0.15, 0.2) is 0 Å². The molecule has 9 heteroatoms. The molecule has 0 saturated carbocycles. The van der Waals surface area contributed by atoms with Crippen molar-refractivity contribution in [1.29, 1.82) is 0 Å². The number of hydroxylamine groups is 1. The molecule has 0 aliphatic rings. The Kier molecular flexibility index (Phi) is 14.7. The van der Waals surface area contributed by atoms with Crippen molar-refractivity contribution in [1.82, 2.24) is 15.3 Å². The lowest BCUT2D eigenvalue weighted by atomic mass is 9.97. The first-order valence-corrected chi connectivity index (χ1v) is 15.6. The lowest BCUT2D eigenvalue weighted by Crippen LogP contribution is -2.48. The Morgan fingerprint density at radius 3 is 1.91 bits per heavy atom. The molecule has 3 N–H and O–H groups in total. The maximum absolute atomic E-state index is 14.1. The molecule has 236 valence electrons. The molecule has 0 spiro atoms. The van der Waals surface area contributed by atoms with Crippen LogP contribution in [0.1, 0.15) is 76.0 Å². The predicted molar refractivity (Wildman–Crippen MR) is 173 cm³/mol. The fraction of sp³-hybridized carbons (Fsp3) is 0.400. The minimum Gasteiger partial charge on any atom is -0.494 e. The van der Waals surface area contributed by atoms with Gasteiger partial charge in [-0.1, -0.05) is 107 Å². The summed E-state index contributed by atoms with van der Waals surface area (Å²) in [5, 5.41) is 12.1. The number of urea groups is 1. The van der Waals surface area contributed by atoms with E-state index >= 15 is 0 Å². The van der Waals surface area contributed by atoms with Crippen molar-refractivity contribution in [3.8, 4) is 5.75 Å². The molecular formula is C35H46N4O5. The number of hydrogen-bond donors (Lipinski definition) is 3.